The van der Waals surface area contributed by atoms with Crippen LogP contribution in [0.2, 0.25) is 0 Å². The van der Waals surface area contributed by atoms with Crippen LogP contribution in [0.4, 0.5) is 4.39 Å². The van der Waals surface area contributed by atoms with Crippen LogP contribution >= 0.6 is 0 Å². The third kappa shape index (κ3) is 3.31. The highest BCUT2D eigenvalue weighted by atomic mass is 32.2. The van der Waals surface area contributed by atoms with Gasteiger partial charge in [-0.3, -0.25) is 4.98 Å². The fraction of sp³-hybridized carbons (Fsp3) is 0.150. The Morgan fingerprint density at radius 1 is 1.15 bits per heavy atom. The summed E-state index contributed by atoms with van der Waals surface area (Å²) in [5, 5.41) is 1.36. The average molecular weight is 383 g/mol. The molecular formula is C20H18FN3O2S. The van der Waals surface area contributed by atoms with Crippen molar-refractivity contribution in [3.63, 3.8) is 0 Å². The Labute approximate surface area is 156 Å². The van der Waals surface area contributed by atoms with E-state index in [0.717, 1.165) is 22.0 Å². The molecule has 4 aromatic rings. The number of hydrogen-bond acceptors (Lipinski definition) is 3. The van der Waals surface area contributed by atoms with Crippen molar-refractivity contribution in [3.05, 3.63) is 71.8 Å². The predicted octanol–water partition coefficient (Wildman–Crippen LogP) is 3.68. The van der Waals surface area contributed by atoms with Crippen LogP contribution in [0, 0.1) is 12.7 Å². The highest BCUT2D eigenvalue weighted by Crippen LogP contribution is 2.24. The number of aromatic nitrogens is 2. The molecule has 0 atom stereocenters. The molecule has 2 N–H and O–H groups in total. The molecule has 0 fully saturated rings. The lowest BCUT2D eigenvalue weighted by Gasteiger charge is -2.10. The van der Waals surface area contributed by atoms with E-state index in [1.165, 1.54) is 12.1 Å². The molecule has 0 aliphatic carbocycles. The van der Waals surface area contributed by atoms with Gasteiger partial charge in [-0.05, 0) is 60.9 Å². The Morgan fingerprint density at radius 2 is 2.00 bits per heavy atom. The summed E-state index contributed by atoms with van der Waals surface area (Å²) >= 11 is 0. The van der Waals surface area contributed by atoms with Crippen molar-refractivity contribution in [1.82, 2.24) is 14.7 Å². The van der Waals surface area contributed by atoms with Crippen molar-refractivity contribution in [2.24, 2.45) is 0 Å². The van der Waals surface area contributed by atoms with Gasteiger partial charge in [-0.15, -0.1) is 0 Å². The number of pyridine rings is 1. The molecule has 27 heavy (non-hydrogen) atoms. The SMILES string of the molecule is Cc1ccc(S(=O)(=O)NCCc2c[nH]c3ccc(F)cc23)c2cccnc12. The molecule has 0 saturated carbocycles. The number of rotatable bonds is 5. The van der Waals surface area contributed by atoms with Crippen molar-refractivity contribution in [2.75, 3.05) is 6.54 Å². The third-order valence-electron chi connectivity index (χ3n) is 4.64. The van der Waals surface area contributed by atoms with Gasteiger partial charge in [0.2, 0.25) is 10.0 Å². The van der Waals surface area contributed by atoms with Gasteiger partial charge in [0.1, 0.15) is 5.82 Å². The quantitative estimate of drug-likeness (QED) is 0.552. The van der Waals surface area contributed by atoms with Crippen LogP contribution in [-0.2, 0) is 16.4 Å². The van der Waals surface area contributed by atoms with E-state index >= 15 is 0 Å². The molecule has 2 aromatic heterocycles. The van der Waals surface area contributed by atoms with Crippen LogP contribution in [0.25, 0.3) is 21.8 Å². The maximum atomic E-state index is 13.5. The van der Waals surface area contributed by atoms with Gasteiger partial charge < -0.3 is 4.98 Å². The molecule has 0 saturated heterocycles. The average Bonchev–Trinajstić information content (AvgIpc) is 3.04. The van der Waals surface area contributed by atoms with Gasteiger partial charge in [-0.25, -0.2) is 17.5 Å². The molecule has 0 radical (unpaired) electrons. The van der Waals surface area contributed by atoms with E-state index in [1.54, 1.807) is 42.7 Å². The van der Waals surface area contributed by atoms with Crippen LogP contribution in [0.1, 0.15) is 11.1 Å². The van der Waals surface area contributed by atoms with Crippen LogP contribution in [0.5, 0.6) is 0 Å². The first-order chi connectivity index (χ1) is 13.0. The van der Waals surface area contributed by atoms with Gasteiger partial charge in [0.15, 0.2) is 0 Å². The molecule has 0 bridgehead atoms. The zero-order valence-electron chi connectivity index (χ0n) is 14.7. The van der Waals surface area contributed by atoms with Gasteiger partial charge in [0.05, 0.1) is 10.4 Å². The van der Waals surface area contributed by atoms with Crippen molar-refractivity contribution in [3.8, 4) is 0 Å². The highest BCUT2D eigenvalue weighted by molar-refractivity contribution is 7.89. The summed E-state index contributed by atoms with van der Waals surface area (Å²) in [5.41, 5.74) is 3.28. The number of sulfonamides is 1. The minimum absolute atomic E-state index is 0.209. The second-order valence-electron chi connectivity index (χ2n) is 6.43. The fourth-order valence-electron chi connectivity index (χ4n) is 3.28. The number of fused-ring (bicyclic) bond motifs is 2. The minimum Gasteiger partial charge on any atom is -0.361 e. The summed E-state index contributed by atoms with van der Waals surface area (Å²) in [6, 6.07) is 11.4. The van der Waals surface area contributed by atoms with E-state index in [4.69, 9.17) is 0 Å². The van der Waals surface area contributed by atoms with Gasteiger partial charge in [-0.2, -0.15) is 0 Å². The first kappa shape index (κ1) is 17.6. The predicted molar refractivity (Wildman–Crippen MR) is 104 cm³/mol. The molecule has 7 heteroatoms. The highest BCUT2D eigenvalue weighted by Gasteiger charge is 2.18. The molecule has 2 aromatic carbocycles. The van der Waals surface area contributed by atoms with Crippen molar-refractivity contribution in [1.29, 1.82) is 0 Å². The number of hydrogen-bond donors (Lipinski definition) is 2. The molecule has 0 aliphatic rings. The van der Waals surface area contributed by atoms with E-state index < -0.39 is 10.0 Å². The van der Waals surface area contributed by atoms with E-state index in [-0.39, 0.29) is 17.3 Å². The zero-order valence-corrected chi connectivity index (χ0v) is 15.5. The lowest BCUT2D eigenvalue weighted by Crippen LogP contribution is -2.26. The van der Waals surface area contributed by atoms with E-state index in [1.807, 2.05) is 6.92 Å². The number of aryl methyl sites for hydroxylation is 1. The molecule has 2 heterocycles. The van der Waals surface area contributed by atoms with Crippen molar-refractivity contribution >= 4 is 31.8 Å². The maximum Gasteiger partial charge on any atom is 0.241 e. The summed E-state index contributed by atoms with van der Waals surface area (Å²) in [5.74, 6) is -0.317. The molecule has 4 rings (SSSR count). The fourth-order valence-corrected chi connectivity index (χ4v) is 4.51. The molecule has 0 spiro atoms. The smallest absolute Gasteiger partial charge is 0.241 e. The summed E-state index contributed by atoms with van der Waals surface area (Å²) in [4.78, 5) is 7.57. The Bertz CT molecular complexity index is 1250. The second kappa shape index (κ2) is 6.75. The van der Waals surface area contributed by atoms with Gasteiger partial charge in [-0.1, -0.05) is 6.07 Å². The molecule has 0 amide bonds. The Morgan fingerprint density at radius 3 is 2.85 bits per heavy atom. The van der Waals surface area contributed by atoms with Crippen molar-refractivity contribution < 1.29 is 12.8 Å². The minimum atomic E-state index is -3.69. The van der Waals surface area contributed by atoms with Gasteiger partial charge >= 0.3 is 0 Å². The summed E-state index contributed by atoms with van der Waals surface area (Å²) in [6.07, 6.45) is 3.88. The standard InChI is InChI=1S/C20H18FN3O2S/c1-13-4-7-19(16-3-2-9-22-20(13)16)27(25,26)24-10-8-14-12-23-18-6-5-15(21)11-17(14)18/h2-7,9,11-12,23-24H,8,10H2,1H3. The Balaban J connectivity index is 1.57. The second-order valence-corrected chi connectivity index (χ2v) is 8.17. The first-order valence-electron chi connectivity index (χ1n) is 8.55. The summed E-state index contributed by atoms with van der Waals surface area (Å²) in [7, 11) is -3.69. The topological polar surface area (TPSA) is 74.8 Å². The molecule has 0 unspecified atom stereocenters. The third-order valence-corrected chi connectivity index (χ3v) is 6.16. The number of aromatic amines is 1. The van der Waals surface area contributed by atoms with Crippen LogP contribution < -0.4 is 4.72 Å². The number of benzene rings is 2. The molecular weight excluding hydrogens is 365 g/mol. The largest absolute Gasteiger partial charge is 0.361 e. The van der Waals surface area contributed by atoms with Gasteiger partial charge in [0.25, 0.3) is 0 Å². The van der Waals surface area contributed by atoms with Crippen LogP contribution in [0.15, 0.2) is 59.8 Å². The zero-order chi connectivity index (χ0) is 19.0. The monoisotopic (exact) mass is 383 g/mol. The normalized spacial score (nSPS) is 12.1. The summed E-state index contributed by atoms with van der Waals surface area (Å²) < 4.78 is 41.7. The lowest BCUT2D eigenvalue weighted by atomic mass is 10.1. The summed E-state index contributed by atoms with van der Waals surface area (Å²) in [6.45, 7) is 2.11. The van der Waals surface area contributed by atoms with Crippen LogP contribution in [-0.4, -0.2) is 24.9 Å². The van der Waals surface area contributed by atoms with E-state index in [9.17, 15) is 12.8 Å². The number of nitrogens with one attached hydrogen (secondary N) is 2. The molecule has 0 aliphatic heterocycles. The molecule has 5 nitrogen and oxygen atoms in total. The number of nitrogens with zero attached hydrogens (tertiary/aromatic N) is 1. The Kier molecular flexibility index (Phi) is 4.41. The first-order valence-corrected chi connectivity index (χ1v) is 10.0. The van der Waals surface area contributed by atoms with E-state index in [0.29, 0.717) is 17.3 Å². The van der Waals surface area contributed by atoms with Gasteiger partial charge in [0, 0.05) is 35.2 Å². The van der Waals surface area contributed by atoms with Crippen molar-refractivity contribution in [2.45, 2.75) is 18.2 Å². The number of H-pyrrole nitrogens is 1. The Hall–Kier alpha value is -2.77. The molecule has 138 valence electrons. The maximum absolute atomic E-state index is 13.5. The number of halogens is 1. The van der Waals surface area contributed by atoms with E-state index in [2.05, 4.69) is 14.7 Å². The lowest BCUT2D eigenvalue weighted by molar-refractivity contribution is 0.582. The van der Waals surface area contributed by atoms with Crippen LogP contribution in [0.3, 0.4) is 0 Å².